The zero-order valence-corrected chi connectivity index (χ0v) is 5.67. The lowest BCUT2D eigenvalue weighted by atomic mass is 10.3. The molecule has 10 heavy (non-hydrogen) atoms. The van der Waals surface area contributed by atoms with Crippen molar-refractivity contribution in [3.05, 3.63) is 0 Å². The molecule has 4 heteroatoms. The Bertz CT molecular complexity index is 120. The Labute approximate surface area is 59.1 Å². The summed E-state index contributed by atoms with van der Waals surface area (Å²) < 4.78 is 0. The smallest absolute Gasteiger partial charge is 0.316 e. The van der Waals surface area contributed by atoms with E-state index < -0.39 is 6.09 Å². The molecule has 0 unspecified atom stereocenters. The third kappa shape index (κ3) is 1.88. The molecule has 1 rings (SSSR count). The third-order valence-electron chi connectivity index (χ3n) is 1.76. The van der Waals surface area contributed by atoms with Gasteiger partial charge in [0.1, 0.15) is 0 Å². The number of hydrogen-bond donors (Lipinski definition) is 2. The summed E-state index contributed by atoms with van der Waals surface area (Å²) >= 11 is 0. The summed E-state index contributed by atoms with van der Waals surface area (Å²) in [6, 6.07) is 0.208. The lowest BCUT2D eigenvalue weighted by Crippen LogP contribution is -2.32. The molecule has 1 saturated carbocycles. The number of amides is 1. The third-order valence-corrected chi connectivity index (χ3v) is 1.76. The molecule has 0 saturated heterocycles. The van der Waals surface area contributed by atoms with E-state index in [0.717, 1.165) is 25.7 Å². The summed E-state index contributed by atoms with van der Waals surface area (Å²) in [5.74, 6) is 0. The molecule has 0 aliphatic heterocycles. The fourth-order valence-electron chi connectivity index (χ4n) is 1.26. The maximum absolute atomic E-state index is 10.4. The van der Waals surface area contributed by atoms with Gasteiger partial charge in [-0.1, -0.05) is 12.8 Å². The first-order valence-corrected chi connectivity index (χ1v) is 3.45. The van der Waals surface area contributed by atoms with Gasteiger partial charge < -0.3 is 5.32 Å². The van der Waals surface area contributed by atoms with Crippen LogP contribution < -0.4 is 5.32 Å². The molecule has 1 aliphatic carbocycles. The van der Waals surface area contributed by atoms with Gasteiger partial charge in [0.15, 0.2) is 0 Å². The van der Waals surface area contributed by atoms with Gasteiger partial charge in [-0.15, -0.1) is 0 Å². The fraction of sp³-hybridized carbons (Fsp3) is 0.833. The Balaban J connectivity index is 2.17. The van der Waals surface area contributed by atoms with E-state index in [9.17, 15) is 4.79 Å². The van der Waals surface area contributed by atoms with E-state index in [2.05, 4.69) is 10.2 Å². The Morgan fingerprint density at radius 1 is 1.50 bits per heavy atom. The van der Waals surface area contributed by atoms with E-state index in [1.807, 2.05) is 0 Å². The van der Waals surface area contributed by atoms with Crippen molar-refractivity contribution in [3.8, 4) is 0 Å². The molecule has 0 atom stereocenters. The Morgan fingerprint density at radius 2 is 2.10 bits per heavy atom. The summed E-state index contributed by atoms with van der Waals surface area (Å²) in [4.78, 5) is 13.8. The van der Waals surface area contributed by atoms with Crippen LogP contribution in [-0.4, -0.2) is 17.4 Å². The summed E-state index contributed by atoms with van der Waals surface area (Å²) in [6.07, 6.45) is 3.55. The molecule has 0 radical (unpaired) electrons. The van der Waals surface area contributed by atoms with Crippen molar-refractivity contribution in [2.45, 2.75) is 31.7 Å². The minimum absolute atomic E-state index is 0.208. The van der Waals surface area contributed by atoms with E-state index in [1.165, 1.54) is 0 Å². The maximum Gasteiger partial charge on any atom is 0.438 e. The average Bonchev–Trinajstić information content (AvgIpc) is 2.40. The van der Waals surface area contributed by atoms with E-state index in [1.54, 1.807) is 0 Å². The van der Waals surface area contributed by atoms with Gasteiger partial charge in [-0.05, 0) is 12.8 Å². The molecule has 4 nitrogen and oxygen atoms in total. The van der Waals surface area contributed by atoms with Gasteiger partial charge in [0.05, 0.1) is 0 Å². The molecule has 0 aromatic heterocycles. The van der Waals surface area contributed by atoms with Crippen molar-refractivity contribution in [1.29, 1.82) is 0 Å². The quantitative estimate of drug-likeness (QED) is 0.429. The molecule has 1 aliphatic rings. The minimum atomic E-state index is -0.744. The number of carbonyl (C=O) groups excluding carboxylic acids is 1. The highest BCUT2D eigenvalue weighted by Gasteiger charge is 2.17. The predicted molar refractivity (Wildman–Crippen MR) is 34.5 cm³/mol. The van der Waals surface area contributed by atoms with Gasteiger partial charge in [-0.25, -0.2) is 4.79 Å². The van der Waals surface area contributed by atoms with Gasteiger partial charge in [-0.3, -0.25) is 4.89 Å². The zero-order valence-electron chi connectivity index (χ0n) is 5.67. The van der Waals surface area contributed by atoms with Crippen molar-refractivity contribution in [2.24, 2.45) is 0 Å². The van der Waals surface area contributed by atoms with Crippen LogP contribution >= 0.6 is 0 Å². The molecule has 0 heterocycles. The molecule has 0 bridgehead atoms. The number of carbonyl (C=O) groups is 1. The second-order valence-corrected chi connectivity index (χ2v) is 2.50. The molecule has 0 spiro atoms. The van der Waals surface area contributed by atoms with Crippen LogP contribution in [0.4, 0.5) is 4.79 Å². The van der Waals surface area contributed by atoms with Crippen LogP contribution in [0.3, 0.4) is 0 Å². The zero-order chi connectivity index (χ0) is 7.40. The highest BCUT2D eigenvalue weighted by atomic mass is 17.1. The van der Waals surface area contributed by atoms with Gasteiger partial charge in [0.25, 0.3) is 0 Å². The second kappa shape index (κ2) is 3.41. The SMILES string of the molecule is O=C(NC1CCCC1)OO. The Kier molecular flexibility index (Phi) is 2.50. The molecule has 2 N–H and O–H groups in total. The minimum Gasteiger partial charge on any atom is -0.316 e. The Morgan fingerprint density at radius 3 is 2.60 bits per heavy atom. The molecule has 0 aromatic rings. The summed E-state index contributed by atoms with van der Waals surface area (Å²) in [6.45, 7) is 0. The first kappa shape index (κ1) is 7.34. The van der Waals surface area contributed by atoms with Crippen molar-refractivity contribution < 1.29 is 14.9 Å². The monoisotopic (exact) mass is 145 g/mol. The van der Waals surface area contributed by atoms with Gasteiger partial charge in [-0.2, -0.15) is 5.26 Å². The van der Waals surface area contributed by atoms with E-state index in [0.29, 0.717) is 0 Å². The standard InChI is InChI=1S/C6H11NO3/c8-6(10-9)7-5-3-1-2-4-5/h5,9H,1-4H2,(H,7,8). The van der Waals surface area contributed by atoms with Crippen molar-refractivity contribution in [1.82, 2.24) is 5.32 Å². The molecular weight excluding hydrogens is 134 g/mol. The topological polar surface area (TPSA) is 58.6 Å². The van der Waals surface area contributed by atoms with Crippen molar-refractivity contribution in [3.63, 3.8) is 0 Å². The van der Waals surface area contributed by atoms with Crippen LogP contribution in [0.5, 0.6) is 0 Å². The van der Waals surface area contributed by atoms with E-state index >= 15 is 0 Å². The number of nitrogens with one attached hydrogen (secondary N) is 1. The molecule has 1 fully saturated rings. The largest absolute Gasteiger partial charge is 0.438 e. The Hall–Kier alpha value is -0.770. The van der Waals surface area contributed by atoms with Crippen molar-refractivity contribution in [2.75, 3.05) is 0 Å². The highest BCUT2D eigenvalue weighted by molar-refractivity contribution is 5.66. The second-order valence-electron chi connectivity index (χ2n) is 2.50. The molecule has 1 amide bonds. The number of rotatable bonds is 1. The predicted octanol–water partition coefficient (Wildman–Crippen LogP) is 1.13. The number of hydrogen-bond acceptors (Lipinski definition) is 3. The lowest BCUT2D eigenvalue weighted by molar-refractivity contribution is -0.178. The van der Waals surface area contributed by atoms with Crippen LogP contribution in [0.1, 0.15) is 25.7 Å². The highest BCUT2D eigenvalue weighted by Crippen LogP contribution is 2.17. The van der Waals surface area contributed by atoms with E-state index in [4.69, 9.17) is 5.26 Å². The summed E-state index contributed by atoms with van der Waals surface area (Å²) in [5, 5.41) is 10.4. The van der Waals surface area contributed by atoms with Gasteiger partial charge in [0, 0.05) is 6.04 Å². The maximum atomic E-state index is 10.4. The van der Waals surface area contributed by atoms with Crippen LogP contribution in [0, 0.1) is 0 Å². The van der Waals surface area contributed by atoms with Crippen LogP contribution in [0.25, 0.3) is 0 Å². The van der Waals surface area contributed by atoms with Crippen LogP contribution in [0.2, 0.25) is 0 Å². The van der Waals surface area contributed by atoms with Gasteiger partial charge >= 0.3 is 6.09 Å². The lowest BCUT2D eigenvalue weighted by Gasteiger charge is -2.07. The van der Waals surface area contributed by atoms with Gasteiger partial charge in [0.2, 0.25) is 0 Å². The van der Waals surface area contributed by atoms with Crippen LogP contribution in [-0.2, 0) is 4.89 Å². The molecular formula is C6H11NO3. The van der Waals surface area contributed by atoms with Crippen LogP contribution in [0.15, 0.2) is 0 Å². The average molecular weight is 145 g/mol. The summed E-state index contributed by atoms with van der Waals surface area (Å²) in [5.41, 5.74) is 0. The normalized spacial score (nSPS) is 18.9. The first-order chi connectivity index (χ1) is 4.83. The van der Waals surface area contributed by atoms with Crippen molar-refractivity contribution >= 4 is 6.09 Å². The first-order valence-electron chi connectivity index (χ1n) is 3.45. The molecule has 58 valence electrons. The fourth-order valence-corrected chi connectivity index (χ4v) is 1.26. The van der Waals surface area contributed by atoms with E-state index in [-0.39, 0.29) is 6.04 Å². The summed E-state index contributed by atoms with van der Waals surface area (Å²) in [7, 11) is 0. The molecule has 0 aromatic carbocycles.